The van der Waals surface area contributed by atoms with E-state index < -0.39 is 0 Å². The zero-order chi connectivity index (χ0) is 17.0. The summed E-state index contributed by atoms with van der Waals surface area (Å²) < 4.78 is 7.58. The lowest BCUT2D eigenvalue weighted by Crippen LogP contribution is -2.32. The predicted octanol–water partition coefficient (Wildman–Crippen LogP) is 2.44. The monoisotopic (exact) mass is 337 g/mol. The summed E-state index contributed by atoms with van der Waals surface area (Å²) in [4.78, 5) is 19.6. The van der Waals surface area contributed by atoms with Crippen LogP contribution in [0.15, 0.2) is 36.5 Å². The zero-order valence-electron chi connectivity index (χ0n) is 14.5. The summed E-state index contributed by atoms with van der Waals surface area (Å²) in [6, 6.07) is 10.0. The van der Waals surface area contributed by atoms with E-state index >= 15 is 0 Å². The van der Waals surface area contributed by atoms with Crippen LogP contribution in [0.2, 0.25) is 0 Å². The van der Waals surface area contributed by atoms with E-state index in [1.807, 2.05) is 46.8 Å². The number of hydrogen-bond donors (Lipinski definition) is 0. The van der Waals surface area contributed by atoms with Crippen molar-refractivity contribution in [3.05, 3.63) is 42.2 Å². The van der Waals surface area contributed by atoms with Crippen molar-refractivity contribution in [3.8, 4) is 11.4 Å². The predicted molar refractivity (Wildman–Crippen MR) is 93.9 cm³/mol. The van der Waals surface area contributed by atoms with Gasteiger partial charge in [0.05, 0.1) is 12.8 Å². The quantitative estimate of drug-likeness (QED) is 0.846. The molecule has 5 heteroatoms. The zero-order valence-corrected chi connectivity index (χ0v) is 14.5. The number of benzene rings is 1. The molecule has 3 heterocycles. The number of fused-ring (bicyclic) bond motifs is 3. The second-order valence-electron chi connectivity index (χ2n) is 7.72. The second kappa shape index (κ2) is 5.70. The third-order valence-corrected chi connectivity index (χ3v) is 6.42. The molecule has 1 aromatic heterocycles. The van der Waals surface area contributed by atoms with Crippen LogP contribution in [-0.4, -0.2) is 46.7 Å². The van der Waals surface area contributed by atoms with Gasteiger partial charge in [-0.1, -0.05) is 30.3 Å². The maximum Gasteiger partial charge on any atom is 0.272 e. The van der Waals surface area contributed by atoms with Crippen LogP contribution in [0, 0.1) is 23.7 Å². The van der Waals surface area contributed by atoms with Crippen molar-refractivity contribution < 1.29 is 9.53 Å². The summed E-state index contributed by atoms with van der Waals surface area (Å²) in [6.07, 6.45) is 2.94. The van der Waals surface area contributed by atoms with Gasteiger partial charge in [-0.25, -0.2) is 4.98 Å². The fraction of sp³-hybridized carbons (Fsp3) is 0.500. The Morgan fingerprint density at radius 2 is 1.96 bits per heavy atom. The lowest BCUT2D eigenvalue weighted by molar-refractivity contribution is 0.0764. The van der Waals surface area contributed by atoms with Gasteiger partial charge in [-0.2, -0.15) is 0 Å². The van der Waals surface area contributed by atoms with Gasteiger partial charge in [0.1, 0.15) is 11.5 Å². The SMILES string of the molecule is Cn1c(C(=O)N2C[C@@H]3C[C@@H]4COC[C@@H]4[C@@H]3C2)cnc1-c1ccccc1. The molecule has 2 aromatic rings. The largest absolute Gasteiger partial charge is 0.381 e. The van der Waals surface area contributed by atoms with E-state index in [9.17, 15) is 4.79 Å². The Hall–Kier alpha value is -2.14. The third kappa shape index (κ3) is 2.33. The Morgan fingerprint density at radius 1 is 1.12 bits per heavy atom. The van der Waals surface area contributed by atoms with Crippen LogP contribution in [-0.2, 0) is 11.8 Å². The molecule has 1 aromatic carbocycles. The highest BCUT2D eigenvalue weighted by molar-refractivity contribution is 5.93. The molecule has 0 unspecified atom stereocenters. The van der Waals surface area contributed by atoms with Crippen LogP contribution < -0.4 is 0 Å². The van der Waals surface area contributed by atoms with Crippen LogP contribution >= 0.6 is 0 Å². The number of carbonyl (C=O) groups excluding carboxylic acids is 1. The topological polar surface area (TPSA) is 47.4 Å². The maximum absolute atomic E-state index is 13.1. The van der Waals surface area contributed by atoms with Crippen molar-refractivity contribution >= 4 is 5.91 Å². The van der Waals surface area contributed by atoms with Crippen LogP contribution in [0.3, 0.4) is 0 Å². The molecule has 2 saturated heterocycles. The second-order valence-corrected chi connectivity index (χ2v) is 7.72. The van der Waals surface area contributed by atoms with Crippen molar-refractivity contribution in [3.63, 3.8) is 0 Å². The molecule has 0 spiro atoms. The van der Waals surface area contributed by atoms with E-state index in [1.165, 1.54) is 6.42 Å². The molecule has 0 bridgehead atoms. The van der Waals surface area contributed by atoms with Gasteiger partial charge in [0.15, 0.2) is 0 Å². The van der Waals surface area contributed by atoms with Crippen LogP contribution in [0.1, 0.15) is 16.9 Å². The highest BCUT2D eigenvalue weighted by atomic mass is 16.5. The van der Waals surface area contributed by atoms with Crippen molar-refractivity contribution in [2.75, 3.05) is 26.3 Å². The van der Waals surface area contributed by atoms with E-state index in [0.717, 1.165) is 43.6 Å². The number of ether oxygens (including phenoxy) is 1. The summed E-state index contributed by atoms with van der Waals surface area (Å²) >= 11 is 0. The fourth-order valence-corrected chi connectivity index (χ4v) is 5.14. The average molecular weight is 337 g/mol. The highest BCUT2D eigenvalue weighted by Gasteiger charge is 2.51. The molecule has 130 valence electrons. The van der Waals surface area contributed by atoms with E-state index in [4.69, 9.17) is 4.74 Å². The van der Waals surface area contributed by atoms with Crippen molar-refractivity contribution in [2.24, 2.45) is 30.7 Å². The van der Waals surface area contributed by atoms with Gasteiger partial charge in [0, 0.05) is 32.3 Å². The first-order valence-electron chi connectivity index (χ1n) is 9.16. The summed E-state index contributed by atoms with van der Waals surface area (Å²) in [5.74, 6) is 3.63. The summed E-state index contributed by atoms with van der Waals surface area (Å²) in [6.45, 7) is 3.58. The Kier molecular flexibility index (Phi) is 3.45. The van der Waals surface area contributed by atoms with Gasteiger partial charge in [0.2, 0.25) is 0 Å². The number of carbonyl (C=O) groups is 1. The van der Waals surface area contributed by atoms with Crippen LogP contribution in [0.25, 0.3) is 11.4 Å². The minimum atomic E-state index is 0.113. The number of nitrogens with zero attached hydrogens (tertiary/aromatic N) is 3. The normalized spacial score (nSPS) is 30.5. The maximum atomic E-state index is 13.1. The molecule has 3 fully saturated rings. The van der Waals surface area contributed by atoms with Gasteiger partial charge in [-0.05, 0) is 30.1 Å². The Morgan fingerprint density at radius 3 is 2.80 bits per heavy atom. The summed E-state index contributed by atoms with van der Waals surface area (Å²) in [7, 11) is 1.93. The lowest BCUT2D eigenvalue weighted by Gasteiger charge is -2.20. The van der Waals surface area contributed by atoms with E-state index in [1.54, 1.807) is 6.20 Å². The van der Waals surface area contributed by atoms with E-state index in [2.05, 4.69) is 4.98 Å². The molecule has 1 amide bonds. The average Bonchev–Trinajstić information content (AvgIpc) is 3.36. The standard InChI is InChI=1S/C20H23N3O2/c1-22-18(8-21-19(22)13-5-3-2-4-6-13)20(24)23-9-14-7-15-11-25-12-17(15)16(14)10-23/h2-6,8,14-17H,7,9-12H2,1H3/t14-,15+,16+,17-/m0/s1. The molecule has 5 rings (SSSR count). The third-order valence-electron chi connectivity index (χ3n) is 6.42. The van der Waals surface area contributed by atoms with Crippen molar-refractivity contribution in [1.29, 1.82) is 0 Å². The van der Waals surface area contributed by atoms with Gasteiger partial charge >= 0.3 is 0 Å². The minimum absolute atomic E-state index is 0.113. The van der Waals surface area contributed by atoms with Crippen LogP contribution in [0.4, 0.5) is 0 Å². The first-order chi connectivity index (χ1) is 12.2. The van der Waals surface area contributed by atoms with Gasteiger partial charge < -0.3 is 14.2 Å². The number of rotatable bonds is 2. The van der Waals surface area contributed by atoms with Crippen LogP contribution in [0.5, 0.6) is 0 Å². The number of hydrogen-bond acceptors (Lipinski definition) is 3. The molecule has 0 N–H and O–H groups in total. The van der Waals surface area contributed by atoms with Crippen molar-refractivity contribution in [1.82, 2.24) is 14.5 Å². The van der Waals surface area contributed by atoms with Gasteiger partial charge in [-0.15, -0.1) is 0 Å². The molecule has 5 nitrogen and oxygen atoms in total. The number of likely N-dealkylation sites (tertiary alicyclic amines) is 1. The minimum Gasteiger partial charge on any atom is -0.381 e. The summed E-state index contributed by atoms with van der Waals surface area (Å²) in [5, 5.41) is 0. The molecule has 2 aliphatic heterocycles. The Labute approximate surface area is 147 Å². The smallest absolute Gasteiger partial charge is 0.272 e. The molecule has 0 radical (unpaired) electrons. The Bertz CT molecular complexity index is 801. The Balaban J connectivity index is 1.37. The molecule has 25 heavy (non-hydrogen) atoms. The number of aromatic nitrogens is 2. The van der Waals surface area contributed by atoms with Gasteiger partial charge in [-0.3, -0.25) is 4.79 Å². The van der Waals surface area contributed by atoms with Crippen molar-refractivity contribution in [2.45, 2.75) is 6.42 Å². The number of amides is 1. The van der Waals surface area contributed by atoms with Gasteiger partial charge in [0.25, 0.3) is 5.91 Å². The van der Waals surface area contributed by atoms with E-state index in [-0.39, 0.29) is 5.91 Å². The summed E-state index contributed by atoms with van der Waals surface area (Å²) in [5.41, 5.74) is 1.71. The molecular weight excluding hydrogens is 314 g/mol. The first-order valence-corrected chi connectivity index (χ1v) is 9.16. The molecular formula is C20H23N3O2. The first kappa shape index (κ1) is 15.1. The highest BCUT2D eigenvalue weighted by Crippen LogP contribution is 2.48. The van der Waals surface area contributed by atoms with E-state index in [0.29, 0.717) is 23.4 Å². The molecule has 1 saturated carbocycles. The number of imidazole rings is 1. The molecule has 4 atom stereocenters. The fourth-order valence-electron chi connectivity index (χ4n) is 5.14. The molecule has 3 aliphatic rings. The lowest BCUT2D eigenvalue weighted by atomic mass is 9.91. The molecule has 1 aliphatic carbocycles.